The van der Waals surface area contributed by atoms with Gasteiger partial charge in [-0.15, -0.1) is 0 Å². The van der Waals surface area contributed by atoms with Crippen LogP contribution in [0.15, 0.2) is 18.5 Å². The molecule has 0 radical (unpaired) electrons. The Hall–Kier alpha value is -2.08. The summed E-state index contributed by atoms with van der Waals surface area (Å²) >= 11 is 0. The van der Waals surface area contributed by atoms with Gasteiger partial charge >= 0.3 is 0 Å². The third-order valence-electron chi connectivity index (χ3n) is 6.72. The standard InChI is InChI=1S/C20H26N4O2/c1-2-21-19(25)15-10-23-18-14(3-4-22-18)17(15)24-16-12-5-11-6-13(16)9-20(26,7-11)8-12/h3-4,10-13,16,26H,2,5-9H2,1H3,(H,21,25)(H2,22,23,24)/t11?,12-,13+,16+,20-. The number of carbonyl (C=O) groups excluding carboxylic acids is 1. The summed E-state index contributed by atoms with van der Waals surface area (Å²) < 4.78 is 0. The molecule has 0 aromatic carbocycles. The van der Waals surface area contributed by atoms with E-state index in [-0.39, 0.29) is 5.91 Å². The number of carbonyl (C=O) groups is 1. The molecule has 138 valence electrons. The number of pyridine rings is 1. The zero-order valence-electron chi connectivity index (χ0n) is 15.1. The van der Waals surface area contributed by atoms with Crippen LogP contribution >= 0.6 is 0 Å². The zero-order valence-corrected chi connectivity index (χ0v) is 15.1. The van der Waals surface area contributed by atoms with Gasteiger partial charge in [0.2, 0.25) is 0 Å². The minimum Gasteiger partial charge on any atom is -0.390 e. The molecule has 6 heteroatoms. The second-order valence-electron chi connectivity index (χ2n) is 8.51. The molecule has 6 nitrogen and oxygen atoms in total. The number of rotatable bonds is 4. The Balaban J connectivity index is 1.52. The van der Waals surface area contributed by atoms with Crippen molar-refractivity contribution in [3.05, 3.63) is 24.0 Å². The molecule has 6 rings (SSSR count). The number of anilines is 1. The molecule has 4 N–H and O–H groups in total. The van der Waals surface area contributed by atoms with Crippen molar-refractivity contribution < 1.29 is 9.90 Å². The van der Waals surface area contributed by atoms with Crippen molar-refractivity contribution in [2.24, 2.45) is 17.8 Å². The van der Waals surface area contributed by atoms with E-state index in [1.54, 1.807) is 6.20 Å². The fourth-order valence-electron chi connectivity index (χ4n) is 5.98. The van der Waals surface area contributed by atoms with Gasteiger partial charge in [0, 0.05) is 30.4 Å². The summed E-state index contributed by atoms with van der Waals surface area (Å²) in [6.07, 6.45) is 8.65. The van der Waals surface area contributed by atoms with Crippen LogP contribution in [-0.2, 0) is 0 Å². The molecule has 4 aliphatic carbocycles. The molecule has 26 heavy (non-hydrogen) atoms. The summed E-state index contributed by atoms with van der Waals surface area (Å²) in [4.78, 5) is 20.1. The van der Waals surface area contributed by atoms with Crippen molar-refractivity contribution >= 4 is 22.6 Å². The van der Waals surface area contributed by atoms with Crippen molar-refractivity contribution in [3.63, 3.8) is 0 Å². The monoisotopic (exact) mass is 354 g/mol. The second-order valence-corrected chi connectivity index (χ2v) is 8.51. The summed E-state index contributed by atoms with van der Waals surface area (Å²) in [5.41, 5.74) is 1.83. The van der Waals surface area contributed by atoms with Gasteiger partial charge in [0.1, 0.15) is 5.65 Å². The first-order valence-electron chi connectivity index (χ1n) is 9.79. The average molecular weight is 354 g/mol. The van der Waals surface area contributed by atoms with E-state index in [0.717, 1.165) is 36.0 Å². The Labute approximate surface area is 152 Å². The highest BCUT2D eigenvalue weighted by Gasteiger charge is 2.54. The first-order chi connectivity index (χ1) is 12.6. The lowest BCUT2D eigenvalue weighted by Gasteiger charge is -2.58. The highest BCUT2D eigenvalue weighted by atomic mass is 16.3. The first kappa shape index (κ1) is 16.1. The maximum Gasteiger partial charge on any atom is 0.254 e. The average Bonchev–Trinajstić information content (AvgIpc) is 3.05. The number of hydrogen-bond donors (Lipinski definition) is 4. The Morgan fingerprint density at radius 3 is 2.81 bits per heavy atom. The molecule has 5 atom stereocenters. The molecule has 0 aliphatic heterocycles. The minimum absolute atomic E-state index is 0.0898. The molecule has 4 saturated carbocycles. The van der Waals surface area contributed by atoms with Crippen LogP contribution in [0.3, 0.4) is 0 Å². The van der Waals surface area contributed by atoms with Gasteiger partial charge in [0.05, 0.1) is 16.9 Å². The lowest BCUT2D eigenvalue weighted by atomic mass is 9.52. The molecular formula is C20H26N4O2. The van der Waals surface area contributed by atoms with E-state index in [1.807, 2.05) is 19.2 Å². The number of aromatic nitrogens is 2. The van der Waals surface area contributed by atoms with Crippen LogP contribution in [0.5, 0.6) is 0 Å². The van der Waals surface area contributed by atoms with Crippen molar-refractivity contribution in [1.29, 1.82) is 0 Å². The van der Waals surface area contributed by atoms with E-state index < -0.39 is 5.60 Å². The van der Waals surface area contributed by atoms with Crippen LogP contribution in [0.2, 0.25) is 0 Å². The highest BCUT2D eigenvalue weighted by molar-refractivity contribution is 6.06. The number of aliphatic hydroxyl groups is 1. The number of nitrogens with zero attached hydrogens (tertiary/aromatic N) is 1. The third kappa shape index (κ3) is 2.42. The van der Waals surface area contributed by atoms with Gasteiger partial charge in [-0.3, -0.25) is 4.79 Å². The lowest BCUT2D eigenvalue weighted by molar-refractivity contribution is -0.129. The quantitative estimate of drug-likeness (QED) is 0.679. The second kappa shape index (κ2) is 5.71. The molecule has 2 aromatic rings. The predicted molar refractivity (Wildman–Crippen MR) is 100 cm³/mol. The van der Waals surface area contributed by atoms with Gasteiger partial charge in [-0.2, -0.15) is 0 Å². The molecule has 4 bridgehead atoms. The van der Waals surface area contributed by atoms with E-state index in [1.165, 1.54) is 12.8 Å². The Bertz CT molecular complexity index is 845. The van der Waals surface area contributed by atoms with Gasteiger partial charge in [0.15, 0.2) is 0 Å². The topological polar surface area (TPSA) is 90.0 Å². The van der Waals surface area contributed by atoms with Crippen LogP contribution in [0.1, 0.15) is 49.4 Å². The maximum absolute atomic E-state index is 12.6. The summed E-state index contributed by atoms with van der Waals surface area (Å²) in [5, 5.41) is 18.4. The fourth-order valence-corrected chi connectivity index (χ4v) is 5.98. The Kier molecular flexibility index (Phi) is 3.54. The number of fused-ring (bicyclic) bond motifs is 1. The lowest BCUT2D eigenvalue weighted by Crippen LogP contribution is -2.59. The van der Waals surface area contributed by atoms with E-state index in [0.29, 0.717) is 35.9 Å². The number of H-pyrrole nitrogens is 1. The van der Waals surface area contributed by atoms with Gasteiger partial charge in [0.25, 0.3) is 5.91 Å². The van der Waals surface area contributed by atoms with Crippen LogP contribution in [-0.4, -0.2) is 39.2 Å². The molecule has 0 saturated heterocycles. The van der Waals surface area contributed by atoms with Crippen molar-refractivity contribution in [2.75, 3.05) is 11.9 Å². The van der Waals surface area contributed by atoms with Crippen LogP contribution in [0.25, 0.3) is 11.0 Å². The fraction of sp³-hybridized carbons (Fsp3) is 0.600. The minimum atomic E-state index is -0.446. The summed E-state index contributed by atoms with van der Waals surface area (Å²) in [6.45, 7) is 2.51. The van der Waals surface area contributed by atoms with Gasteiger partial charge in [-0.1, -0.05) is 0 Å². The number of nitrogens with one attached hydrogen (secondary N) is 3. The molecule has 2 aromatic heterocycles. The number of hydrogen-bond acceptors (Lipinski definition) is 4. The Morgan fingerprint density at radius 1 is 1.35 bits per heavy atom. The highest BCUT2D eigenvalue weighted by Crippen LogP contribution is 2.56. The van der Waals surface area contributed by atoms with E-state index in [9.17, 15) is 9.90 Å². The van der Waals surface area contributed by atoms with Crippen molar-refractivity contribution in [1.82, 2.24) is 15.3 Å². The zero-order chi connectivity index (χ0) is 17.9. The van der Waals surface area contributed by atoms with Crippen LogP contribution < -0.4 is 10.6 Å². The van der Waals surface area contributed by atoms with Crippen LogP contribution in [0.4, 0.5) is 5.69 Å². The van der Waals surface area contributed by atoms with E-state index >= 15 is 0 Å². The Morgan fingerprint density at radius 2 is 2.12 bits per heavy atom. The maximum atomic E-state index is 12.6. The summed E-state index contributed by atoms with van der Waals surface area (Å²) in [5.74, 6) is 1.54. The summed E-state index contributed by atoms with van der Waals surface area (Å²) in [7, 11) is 0. The number of amides is 1. The normalized spacial score (nSPS) is 35.0. The van der Waals surface area contributed by atoms with Crippen molar-refractivity contribution in [2.45, 2.75) is 50.7 Å². The molecule has 1 unspecified atom stereocenters. The smallest absolute Gasteiger partial charge is 0.254 e. The molecular weight excluding hydrogens is 328 g/mol. The van der Waals surface area contributed by atoms with E-state index in [2.05, 4.69) is 20.6 Å². The number of aromatic amines is 1. The SMILES string of the molecule is CCNC(=O)c1cnc2[nH]ccc2c1N[C@H]1[C@@H]2CC3C[C@H]1C[C@@](O)(C3)C2. The van der Waals surface area contributed by atoms with Crippen LogP contribution in [0, 0.1) is 17.8 Å². The van der Waals surface area contributed by atoms with Gasteiger partial charge in [-0.25, -0.2) is 4.98 Å². The van der Waals surface area contributed by atoms with Gasteiger partial charge in [-0.05, 0) is 62.8 Å². The third-order valence-corrected chi connectivity index (χ3v) is 6.72. The first-order valence-corrected chi connectivity index (χ1v) is 9.79. The predicted octanol–water partition coefficient (Wildman–Crippen LogP) is 2.66. The van der Waals surface area contributed by atoms with E-state index in [4.69, 9.17) is 0 Å². The molecule has 4 fully saturated rings. The molecule has 1 amide bonds. The summed E-state index contributed by atoms with van der Waals surface area (Å²) in [6, 6.07) is 2.30. The molecule has 2 heterocycles. The largest absolute Gasteiger partial charge is 0.390 e. The van der Waals surface area contributed by atoms with Gasteiger partial charge < -0.3 is 20.7 Å². The molecule has 4 aliphatic rings. The molecule has 0 spiro atoms. The van der Waals surface area contributed by atoms with Crippen molar-refractivity contribution in [3.8, 4) is 0 Å².